The minimum absolute atomic E-state index is 0.541. The highest BCUT2D eigenvalue weighted by molar-refractivity contribution is 7.80. The summed E-state index contributed by atoms with van der Waals surface area (Å²) in [4.78, 5) is 0.868. The molecule has 78 valence electrons. The molecular formula is C11H18N2S. The second-order valence-corrected chi connectivity index (χ2v) is 4.23. The van der Waals surface area contributed by atoms with Crippen LogP contribution in [0.1, 0.15) is 19.4 Å². The molecule has 0 fully saturated rings. The molecule has 0 amide bonds. The summed E-state index contributed by atoms with van der Waals surface area (Å²) in [6.07, 6.45) is 1.02. The van der Waals surface area contributed by atoms with Crippen molar-refractivity contribution in [1.82, 2.24) is 5.32 Å². The first-order chi connectivity index (χ1) is 6.59. The van der Waals surface area contributed by atoms with Crippen LogP contribution in [0.3, 0.4) is 0 Å². The summed E-state index contributed by atoms with van der Waals surface area (Å²) < 4.78 is 0. The number of nitrogen functional groups attached to an aromatic ring is 1. The van der Waals surface area contributed by atoms with Crippen LogP contribution in [-0.4, -0.2) is 12.6 Å². The van der Waals surface area contributed by atoms with Crippen LogP contribution in [0.5, 0.6) is 0 Å². The average molecular weight is 210 g/mol. The quantitative estimate of drug-likeness (QED) is 0.526. The molecule has 3 heteroatoms. The summed E-state index contributed by atoms with van der Waals surface area (Å²) >= 11 is 4.28. The van der Waals surface area contributed by atoms with Crippen molar-refractivity contribution >= 4 is 18.3 Å². The predicted molar refractivity (Wildman–Crippen MR) is 64.9 cm³/mol. The molecular weight excluding hydrogens is 192 g/mol. The third kappa shape index (κ3) is 3.60. The number of rotatable bonds is 4. The van der Waals surface area contributed by atoms with E-state index in [0.717, 1.165) is 23.5 Å². The van der Waals surface area contributed by atoms with Crippen LogP contribution in [0.2, 0.25) is 0 Å². The smallest absolute Gasteiger partial charge is 0.0449 e. The van der Waals surface area contributed by atoms with Gasteiger partial charge < -0.3 is 11.1 Å². The molecule has 0 heterocycles. The molecule has 1 rings (SSSR count). The fourth-order valence-corrected chi connectivity index (χ4v) is 1.49. The molecule has 1 aromatic carbocycles. The maximum Gasteiger partial charge on any atom is 0.0449 e. The number of hydrogen-bond donors (Lipinski definition) is 3. The van der Waals surface area contributed by atoms with Gasteiger partial charge in [0.2, 0.25) is 0 Å². The number of thiol groups is 1. The first kappa shape index (κ1) is 11.4. The van der Waals surface area contributed by atoms with Gasteiger partial charge in [0.15, 0.2) is 0 Å². The number of hydrogen-bond acceptors (Lipinski definition) is 3. The maximum absolute atomic E-state index is 5.67. The van der Waals surface area contributed by atoms with Crippen molar-refractivity contribution < 1.29 is 0 Å². The molecule has 0 spiro atoms. The van der Waals surface area contributed by atoms with Crippen molar-refractivity contribution in [3.8, 4) is 0 Å². The average Bonchev–Trinajstić information content (AvgIpc) is 2.10. The van der Waals surface area contributed by atoms with E-state index in [4.69, 9.17) is 5.73 Å². The van der Waals surface area contributed by atoms with E-state index in [2.05, 4.69) is 37.9 Å². The van der Waals surface area contributed by atoms with Crippen LogP contribution in [-0.2, 0) is 6.42 Å². The highest BCUT2D eigenvalue weighted by atomic mass is 32.1. The monoisotopic (exact) mass is 210 g/mol. The molecule has 3 N–H and O–H groups in total. The van der Waals surface area contributed by atoms with E-state index >= 15 is 0 Å². The van der Waals surface area contributed by atoms with Crippen LogP contribution in [0.15, 0.2) is 23.1 Å². The van der Waals surface area contributed by atoms with Gasteiger partial charge in [-0.3, -0.25) is 0 Å². The molecule has 0 aromatic heterocycles. The summed E-state index contributed by atoms with van der Waals surface area (Å²) in [5.41, 5.74) is 7.69. The number of nitrogens with two attached hydrogens (primary N) is 1. The fraction of sp³-hybridized carbons (Fsp3) is 0.455. The molecule has 0 saturated carbocycles. The Kier molecular flexibility index (Phi) is 4.29. The SMILES string of the molecule is CC(C)NCCc1ccc(N)c(S)c1. The molecule has 0 atom stereocenters. The standard InChI is InChI=1S/C11H18N2S/c1-8(2)13-6-5-9-3-4-10(12)11(14)7-9/h3-4,7-8,13-14H,5-6,12H2,1-2H3. The Labute approximate surface area is 91.3 Å². The fourth-order valence-electron chi connectivity index (χ4n) is 1.25. The molecule has 0 aliphatic heterocycles. The summed E-state index contributed by atoms with van der Waals surface area (Å²) in [5, 5.41) is 3.37. The first-order valence-corrected chi connectivity index (χ1v) is 5.35. The molecule has 14 heavy (non-hydrogen) atoms. The van der Waals surface area contributed by atoms with Gasteiger partial charge in [0, 0.05) is 16.6 Å². The van der Waals surface area contributed by atoms with Gasteiger partial charge in [-0.1, -0.05) is 19.9 Å². The van der Waals surface area contributed by atoms with Crippen molar-refractivity contribution in [2.75, 3.05) is 12.3 Å². The topological polar surface area (TPSA) is 38.0 Å². The van der Waals surface area contributed by atoms with Crippen LogP contribution < -0.4 is 11.1 Å². The second-order valence-electron chi connectivity index (χ2n) is 3.75. The van der Waals surface area contributed by atoms with Gasteiger partial charge in [0.1, 0.15) is 0 Å². The van der Waals surface area contributed by atoms with E-state index in [-0.39, 0.29) is 0 Å². The lowest BCUT2D eigenvalue weighted by atomic mass is 10.1. The lowest BCUT2D eigenvalue weighted by molar-refractivity contribution is 0.590. The van der Waals surface area contributed by atoms with Crippen molar-refractivity contribution in [2.24, 2.45) is 0 Å². The zero-order chi connectivity index (χ0) is 10.6. The van der Waals surface area contributed by atoms with Crippen LogP contribution in [0.25, 0.3) is 0 Å². The normalized spacial score (nSPS) is 10.9. The minimum atomic E-state index is 0.541. The third-order valence-electron chi connectivity index (χ3n) is 2.06. The van der Waals surface area contributed by atoms with E-state index in [1.165, 1.54) is 5.56 Å². The van der Waals surface area contributed by atoms with E-state index in [1.807, 2.05) is 12.1 Å². The summed E-state index contributed by atoms with van der Waals surface area (Å²) in [7, 11) is 0. The number of benzene rings is 1. The largest absolute Gasteiger partial charge is 0.398 e. The molecule has 0 unspecified atom stereocenters. The van der Waals surface area contributed by atoms with Crippen LogP contribution in [0, 0.1) is 0 Å². The van der Waals surface area contributed by atoms with E-state index in [0.29, 0.717) is 6.04 Å². The number of nitrogens with one attached hydrogen (secondary N) is 1. The molecule has 0 aliphatic carbocycles. The van der Waals surface area contributed by atoms with Gasteiger partial charge in [-0.25, -0.2) is 0 Å². The number of anilines is 1. The first-order valence-electron chi connectivity index (χ1n) is 4.90. The Morgan fingerprint density at radius 1 is 1.43 bits per heavy atom. The minimum Gasteiger partial charge on any atom is -0.398 e. The highest BCUT2D eigenvalue weighted by Crippen LogP contribution is 2.17. The van der Waals surface area contributed by atoms with Crippen LogP contribution >= 0.6 is 12.6 Å². The molecule has 0 bridgehead atoms. The Bertz CT molecular complexity index is 297. The predicted octanol–water partition coefficient (Wildman–Crippen LogP) is 2.10. The van der Waals surface area contributed by atoms with Gasteiger partial charge in [0.25, 0.3) is 0 Å². The van der Waals surface area contributed by atoms with E-state index < -0.39 is 0 Å². The van der Waals surface area contributed by atoms with Gasteiger partial charge in [-0.05, 0) is 30.7 Å². The molecule has 2 nitrogen and oxygen atoms in total. The van der Waals surface area contributed by atoms with E-state index in [9.17, 15) is 0 Å². The van der Waals surface area contributed by atoms with Crippen molar-refractivity contribution in [3.63, 3.8) is 0 Å². The molecule has 0 saturated heterocycles. The van der Waals surface area contributed by atoms with Crippen molar-refractivity contribution in [3.05, 3.63) is 23.8 Å². The van der Waals surface area contributed by atoms with Gasteiger partial charge in [-0.2, -0.15) is 0 Å². The Balaban J connectivity index is 2.47. The van der Waals surface area contributed by atoms with E-state index in [1.54, 1.807) is 0 Å². The van der Waals surface area contributed by atoms with Gasteiger partial charge in [-0.15, -0.1) is 12.6 Å². The zero-order valence-electron chi connectivity index (χ0n) is 8.75. The Morgan fingerprint density at radius 2 is 2.14 bits per heavy atom. The maximum atomic E-state index is 5.67. The lowest BCUT2D eigenvalue weighted by Gasteiger charge is -2.08. The Hall–Kier alpha value is -0.670. The van der Waals surface area contributed by atoms with Crippen molar-refractivity contribution in [1.29, 1.82) is 0 Å². The van der Waals surface area contributed by atoms with Gasteiger partial charge in [0.05, 0.1) is 0 Å². The third-order valence-corrected chi connectivity index (χ3v) is 2.45. The Morgan fingerprint density at radius 3 is 2.71 bits per heavy atom. The van der Waals surface area contributed by atoms with Crippen molar-refractivity contribution in [2.45, 2.75) is 31.2 Å². The highest BCUT2D eigenvalue weighted by Gasteiger charge is 1.98. The second kappa shape index (κ2) is 5.27. The zero-order valence-corrected chi connectivity index (χ0v) is 9.64. The molecule has 0 radical (unpaired) electrons. The molecule has 1 aromatic rings. The summed E-state index contributed by atoms with van der Waals surface area (Å²) in [5.74, 6) is 0. The summed E-state index contributed by atoms with van der Waals surface area (Å²) in [6.45, 7) is 5.29. The summed E-state index contributed by atoms with van der Waals surface area (Å²) in [6, 6.07) is 6.53. The van der Waals surface area contributed by atoms with Gasteiger partial charge >= 0.3 is 0 Å². The van der Waals surface area contributed by atoms with Crippen LogP contribution in [0.4, 0.5) is 5.69 Å². The lowest BCUT2D eigenvalue weighted by Crippen LogP contribution is -2.24. The molecule has 0 aliphatic rings.